The Morgan fingerprint density at radius 2 is 2.36 bits per heavy atom. The van der Waals surface area contributed by atoms with E-state index in [0.29, 0.717) is 6.61 Å². The van der Waals surface area contributed by atoms with Crippen molar-refractivity contribution in [1.29, 1.82) is 0 Å². The summed E-state index contributed by atoms with van der Waals surface area (Å²) in [6, 6.07) is 0. The average molecular weight is 160 g/mol. The second kappa shape index (κ2) is 2.17. The van der Waals surface area contributed by atoms with Crippen molar-refractivity contribution < 1.29 is 19.7 Å². The molecule has 2 fully saturated rings. The first-order valence-corrected chi connectivity index (χ1v) is 3.78. The zero-order valence-electron chi connectivity index (χ0n) is 6.36. The van der Waals surface area contributed by atoms with Crippen molar-refractivity contribution in [1.82, 2.24) is 0 Å². The van der Waals surface area contributed by atoms with Gasteiger partial charge in [0.05, 0.1) is 19.3 Å². The number of aliphatic hydroxyl groups excluding tert-OH is 2. The van der Waals surface area contributed by atoms with Crippen LogP contribution >= 0.6 is 0 Å². The third kappa shape index (κ3) is 0.780. The van der Waals surface area contributed by atoms with Crippen LogP contribution in [0.15, 0.2) is 0 Å². The fraction of sp³-hybridized carbons (Fsp3) is 1.00. The number of hydrogen-bond donors (Lipinski definition) is 2. The van der Waals surface area contributed by atoms with Gasteiger partial charge in [0.15, 0.2) is 0 Å². The summed E-state index contributed by atoms with van der Waals surface area (Å²) in [6.07, 6.45) is -1.02. The van der Waals surface area contributed by atoms with Gasteiger partial charge in [0.1, 0.15) is 17.8 Å². The van der Waals surface area contributed by atoms with Gasteiger partial charge in [-0.2, -0.15) is 0 Å². The van der Waals surface area contributed by atoms with Crippen molar-refractivity contribution in [2.75, 3.05) is 13.2 Å². The standard InChI is InChI=1S/C7H12O4/c1-4-5-6(9)7(2-8,11-4)3-10-5/h4-6,8-9H,2-3H2,1H3/t4-,5+,6?,7-/m0/s1. The summed E-state index contributed by atoms with van der Waals surface area (Å²) < 4.78 is 10.6. The predicted molar refractivity (Wildman–Crippen MR) is 36.1 cm³/mol. The lowest BCUT2D eigenvalue weighted by Crippen LogP contribution is -2.44. The molecule has 0 amide bonds. The minimum Gasteiger partial charge on any atom is -0.393 e. The number of aliphatic hydroxyl groups is 2. The summed E-state index contributed by atoms with van der Waals surface area (Å²) in [5.41, 5.74) is -0.829. The van der Waals surface area contributed by atoms with Crippen LogP contribution < -0.4 is 0 Å². The molecule has 4 atom stereocenters. The Balaban J connectivity index is 2.24. The number of ether oxygens (including phenoxy) is 2. The van der Waals surface area contributed by atoms with Gasteiger partial charge in [-0.05, 0) is 6.92 Å². The predicted octanol–water partition coefficient (Wildman–Crippen LogP) is -1.10. The van der Waals surface area contributed by atoms with Gasteiger partial charge in [0, 0.05) is 0 Å². The van der Waals surface area contributed by atoms with Gasteiger partial charge in [-0.25, -0.2) is 0 Å². The van der Waals surface area contributed by atoms with E-state index < -0.39 is 11.7 Å². The van der Waals surface area contributed by atoms with E-state index in [1.165, 1.54) is 0 Å². The lowest BCUT2D eigenvalue weighted by Gasteiger charge is -2.26. The number of rotatable bonds is 1. The minimum atomic E-state index is -0.829. The SMILES string of the molecule is C[C@@H]1O[C@@]2(CO)CO[C@H]1C2O. The van der Waals surface area contributed by atoms with Crippen LogP contribution in [0, 0.1) is 0 Å². The van der Waals surface area contributed by atoms with Crippen molar-refractivity contribution >= 4 is 0 Å². The molecule has 2 saturated heterocycles. The Labute approximate surface area is 64.7 Å². The van der Waals surface area contributed by atoms with Crippen LogP contribution in [0.2, 0.25) is 0 Å². The first-order chi connectivity index (χ1) is 5.19. The first-order valence-electron chi connectivity index (χ1n) is 3.78. The third-order valence-corrected chi connectivity index (χ3v) is 2.52. The summed E-state index contributed by atoms with van der Waals surface area (Å²) in [5.74, 6) is 0. The average Bonchev–Trinajstić information content (AvgIpc) is 2.42. The maximum absolute atomic E-state index is 9.54. The summed E-state index contributed by atoms with van der Waals surface area (Å²) in [5, 5.41) is 18.5. The van der Waals surface area contributed by atoms with Crippen molar-refractivity contribution in [3.05, 3.63) is 0 Å². The van der Waals surface area contributed by atoms with Crippen molar-refractivity contribution in [2.24, 2.45) is 0 Å². The van der Waals surface area contributed by atoms with E-state index in [0.717, 1.165) is 0 Å². The quantitative estimate of drug-likeness (QED) is 0.511. The summed E-state index contributed by atoms with van der Waals surface area (Å²) >= 11 is 0. The highest BCUT2D eigenvalue weighted by atomic mass is 16.6. The topological polar surface area (TPSA) is 58.9 Å². The fourth-order valence-electron chi connectivity index (χ4n) is 1.82. The molecule has 2 bridgehead atoms. The van der Waals surface area contributed by atoms with Gasteiger partial charge in [-0.3, -0.25) is 0 Å². The molecule has 1 unspecified atom stereocenters. The highest BCUT2D eigenvalue weighted by Crippen LogP contribution is 2.39. The second-order valence-electron chi connectivity index (χ2n) is 3.27. The molecular formula is C7H12O4. The molecule has 0 aromatic carbocycles. The zero-order chi connectivity index (χ0) is 8.06. The molecule has 0 saturated carbocycles. The van der Waals surface area contributed by atoms with Gasteiger partial charge < -0.3 is 19.7 Å². The van der Waals surface area contributed by atoms with E-state index in [1.807, 2.05) is 6.92 Å². The maximum atomic E-state index is 9.54. The van der Waals surface area contributed by atoms with Gasteiger partial charge in [-0.1, -0.05) is 0 Å². The highest BCUT2D eigenvalue weighted by molar-refractivity contribution is 5.06. The van der Waals surface area contributed by atoms with Crippen LogP contribution in [0.5, 0.6) is 0 Å². The fourth-order valence-corrected chi connectivity index (χ4v) is 1.82. The molecule has 4 heteroatoms. The molecule has 4 nitrogen and oxygen atoms in total. The van der Waals surface area contributed by atoms with Crippen LogP contribution in [0.3, 0.4) is 0 Å². The Bertz CT molecular complexity index is 172. The molecule has 2 aliphatic heterocycles. The van der Waals surface area contributed by atoms with Crippen LogP contribution in [-0.2, 0) is 9.47 Å². The van der Waals surface area contributed by atoms with Crippen molar-refractivity contribution in [3.63, 3.8) is 0 Å². The molecule has 11 heavy (non-hydrogen) atoms. The molecule has 2 N–H and O–H groups in total. The lowest BCUT2D eigenvalue weighted by atomic mass is 10.0. The summed E-state index contributed by atoms with van der Waals surface area (Å²) in [4.78, 5) is 0. The van der Waals surface area contributed by atoms with Crippen LogP contribution in [-0.4, -0.2) is 47.3 Å². The van der Waals surface area contributed by atoms with E-state index in [9.17, 15) is 5.11 Å². The Hall–Kier alpha value is -0.160. The Kier molecular flexibility index (Phi) is 1.47. The largest absolute Gasteiger partial charge is 0.393 e. The molecular weight excluding hydrogens is 148 g/mol. The molecule has 64 valence electrons. The van der Waals surface area contributed by atoms with Crippen LogP contribution in [0.25, 0.3) is 0 Å². The van der Waals surface area contributed by atoms with Crippen LogP contribution in [0.4, 0.5) is 0 Å². The third-order valence-electron chi connectivity index (χ3n) is 2.52. The van der Waals surface area contributed by atoms with Crippen molar-refractivity contribution in [2.45, 2.75) is 30.8 Å². The highest BCUT2D eigenvalue weighted by Gasteiger charge is 2.59. The summed E-state index contributed by atoms with van der Waals surface area (Å²) in [6.45, 7) is 1.97. The van der Waals surface area contributed by atoms with Crippen molar-refractivity contribution in [3.8, 4) is 0 Å². The number of hydrogen-bond acceptors (Lipinski definition) is 4. The first kappa shape index (κ1) is 7.49. The monoisotopic (exact) mass is 160 g/mol. The molecule has 2 heterocycles. The van der Waals surface area contributed by atoms with E-state index in [1.54, 1.807) is 0 Å². The van der Waals surface area contributed by atoms with E-state index in [2.05, 4.69) is 0 Å². The summed E-state index contributed by atoms with van der Waals surface area (Å²) in [7, 11) is 0. The second-order valence-corrected chi connectivity index (χ2v) is 3.27. The molecule has 0 radical (unpaired) electrons. The molecule has 0 aliphatic carbocycles. The van der Waals surface area contributed by atoms with Gasteiger partial charge >= 0.3 is 0 Å². The molecule has 0 aromatic heterocycles. The van der Waals surface area contributed by atoms with E-state index in [4.69, 9.17) is 14.6 Å². The Morgan fingerprint density at radius 3 is 2.64 bits per heavy atom. The molecule has 2 rings (SSSR count). The van der Waals surface area contributed by atoms with Gasteiger partial charge in [-0.15, -0.1) is 0 Å². The Morgan fingerprint density at radius 1 is 1.64 bits per heavy atom. The van der Waals surface area contributed by atoms with Crippen LogP contribution in [0.1, 0.15) is 6.92 Å². The van der Waals surface area contributed by atoms with Gasteiger partial charge in [0.25, 0.3) is 0 Å². The molecule has 2 aliphatic rings. The van der Waals surface area contributed by atoms with E-state index in [-0.39, 0.29) is 18.8 Å². The zero-order valence-corrected chi connectivity index (χ0v) is 6.36. The molecule has 0 spiro atoms. The molecule has 0 aromatic rings. The smallest absolute Gasteiger partial charge is 0.143 e. The number of fused-ring (bicyclic) bond motifs is 2. The lowest BCUT2D eigenvalue weighted by molar-refractivity contribution is -0.155. The minimum absolute atomic E-state index is 0.106. The maximum Gasteiger partial charge on any atom is 0.143 e. The van der Waals surface area contributed by atoms with Gasteiger partial charge in [0.2, 0.25) is 0 Å². The van der Waals surface area contributed by atoms with E-state index >= 15 is 0 Å². The normalized spacial score (nSPS) is 55.4.